The summed E-state index contributed by atoms with van der Waals surface area (Å²) in [6, 6.07) is 23.8. The van der Waals surface area contributed by atoms with Gasteiger partial charge in [-0.3, -0.25) is 4.79 Å². The molecule has 1 aliphatic carbocycles. The molecule has 0 radical (unpaired) electrons. The summed E-state index contributed by atoms with van der Waals surface area (Å²) in [7, 11) is 0. The van der Waals surface area contributed by atoms with Gasteiger partial charge in [0.25, 0.3) is 5.91 Å². The van der Waals surface area contributed by atoms with Crippen LogP contribution in [-0.4, -0.2) is 15.9 Å². The average molecular weight is 409 g/mol. The summed E-state index contributed by atoms with van der Waals surface area (Å²) in [5, 5.41) is 2.96. The van der Waals surface area contributed by atoms with Crippen LogP contribution in [0.15, 0.2) is 78.9 Å². The van der Waals surface area contributed by atoms with Crippen LogP contribution in [0.3, 0.4) is 0 Å². The van der Waals surface area contributed by atoms with E-state index in [2.05, 4.69) is 5.32 Å². The fraction of sp³-hybridized carbons (Fsp3) is 0.115. The lowest BCUT2D eigenvalue weighted by molar-refractivity contribution is 0.102. The molecule has 5 heteroatoms. The Balaban J connectivity index is 1.58. The maximum atomic E-state index is 13.7. The van der Waals surface area contributed by atoms with E-state index in [4.69, 9.17) is 9.97 Å². The molecule has 4 nitrogen and oxygen atoms in total. The van der Waals surface area contributed by atoms with Crippen molar-refractivity contribution in [3.8, 4) is 11.3 Å². The van der Waals surface area contributed by atoms with E-state index in [9.17, 15) is 9.18 Å². The molecule has 152 valence electrons. The van der Waals surface area contributed by atoms with Gasteiger partial charge in [0.05, 0.1) is 17.1 Å². The third-order valence-electron chi connectivity index (χ3n) is 5.48. The second kappa shape index (κ2) is 8.11. The lowest BCUT2D eigenvalue weighted by Crippen LogP contribution is -2.18. The van der Waals surface area contributed by atoms with Crippen molar-refractivity contribution >= 4 is 11.7 Å². The molecule has 0 spiro atoms. The minimum absolute atomic E-state index is 0.220. The van der Waals surface area contributed by atoms with Gasteiger partial charge in [0.15, 0.2) is 5.82 Å². The number of benzene rings is 3. The Bertz CT molecular complexity index is 1260. The standard InChI is InChI=1S/C26H20FN3O/c27-20-12-13-21-19(16-20)11-14-22-24(21)28-23(15-17-7-3-1-4-8-17)25(29-22)30-26(31)18-9-5-2-6-10-18/h1-10,12-13,16H,11,14-15H2,(H,29,30,31). The smallest absolute Gasteiger partial charge is 0.256 e. The zero-order chi connectivity index (χ0) is 21.2. The first-order valence-corrected chi connectivity index (χ1v) is 10.3. The summed E-state index contributed by atoms with van der Waals surface area (Å²) in [4.78, 5) is 22.5. The molecule has 0 bridgehead atoms. The molecule has 0 saturated carbocycles. The lowest BCUT2D eigenvalue weighted by atomic mass is 9.91. The van der Waals surface area contributed by atoms with Crippen molar-refractivity contribution in [2.45, 2.75) is 19.3 Å². The largest absolute Gasteiger partial charge is 0.305 e. The molecule has 1 heterocycles. The van der Waals surface area contributed by atoms with Crippen LogP contribution < -0.4 is 5.32 Å². The molecule has 0 saturated heterocycles. The Kier molecular flexibility index (Phi) is 5.00. The SMILES string of the molecule is O=C(Nc1nc2c(nc1Cc1ccccc1)-c1ccc(F)cc1CC2)c1ccccc1. The number of carbonyl (C=O) groups excluding carboxylic acids is 1. The molecule has 1 N–H and O–H groups in total. The number of fused-ring (bicyclic) bond motifs is 3. The lowest BCUT2D eigenvalue weighted by Gasteiger charge is -2.21. The molecular formula is C26H20FN3O. The molecule has 1 amide bonds. The summed E-state index contributed by atoms with van der Waals surface area (Å²) >= 11 is 0. The zero-order valence-electron chi connectivity index (χ0n) is 16.8. The average Bonchev–Trinajstić information content (AvgIpc) is 2.80. The van der Waals surface area contributed by atoms with Crippen molar-refractivity contribution in [3.05, 3.63) is 113 Å². The molecule has 0 unspecified atom stereocenters. The molecule has 31 heavy (non-hydrogen) atoms. The highest BCUT2D eigenvalue weighted by molar-refractivity contribution is 6.04. The Morgan fingerprint density at radius 3 is 2.42 bits per heavy atom. The Morgan fingerprint density at radius 2 is 1.65 bits per heavy atom. The molecule has 3 aromatic carbocycles. The van der Waals surface area contributed by atoms with Crippen molar-refractivity contribution in [2.75, 3.05) is 5.32 Å². The van der Waals surface area contributed by atoms with E-state index in [1.807, 2.05) is 48.5 Å². The van der Waals surface area contributed by atoms with Crippen molar-refractivity contribution in [1.29, 1.82) is 0 Å². The van der Waals surface area contributed by atoms with Gasteiger partial charge in [-0.05, 0) is 54.3 Å². The number of hydrogen-bond donors (Lipinski definition) is 1. The third kappa shape index (κ3) is 3.94. The van der Waals surface area contributed by atoms with Gasteiger partial charge in [0.2, 0.25) is 0 Å². The molecule has 1 aromatic heterocycles. The fourth-order valence-corrected chi connectivity index (χ4v) is 3.93. The molecular weight excluding hydrogens is 389 g/mol. The molecule has 0 atom stereocenters. The van der Waals surface area contributed by atoms with Crippen LogP contribution in [0.4, 0.5) is 10.2 Å². The monoisotopic (exact) mass is 409 g/mol. The van der Waals surface area contributed by atoms with E-state index in [0.717, 1.165) is 28.1 Å². The second-order valence-electron chi connectivity index (χ2n) is 7.60. The van der Waals surface area contributed by atoms with Gasteiger partial charge in [0.1, 0.15) is 5.82 Å². The van der Waals surface area contributed by atoms with Crippen molar-refractivity contribution in [1.82, 2.24) is 9.97 Å². The Hall–Kier alpha value is -3.86. The summed E-state index contributed by atoms with van der Waals surface area (Å²) in [5.41, 5.74) is 5.75. The Morgan fingerprint density at radius 1 is 0.903 bits per heavy atom. The first-order chi connectivity index (χ1) is 15.2. The minimum atomic E-state index is -0.244. The van der Waals surface area contributed by atoms with E-state index in [-0.39, 0.29) is 11.7 Å². The van der Waals surface area contributed by atoms with Crippen LogP contribution in [-0.2, 0) is 19.3 Å². The number of nitrogens with one attached hydrogen (secondary N) is 1. The normalized spacial score (nSPS) is 12.0. The highest BCUT2D eigenvalue weighted by Gasteiger charge is 2.23. The summed E-state index contributed by atoms with van der Waals surface area (Å²) in [6.45, 7) is 0. The van der Waals surface area contributed by atoms with Crippen LogP contribution in [0.25, 0.3) is 11.3 Å². The first-order valence-electron chi connectivity index (χ1n) is 10.3. The van der Waals surface area contributed by atoms with Crippen molar-refractivity contribution in [3.63, 3.8) is 0 Å². The van der Waals surface area contributed by atoms with Crippen molar-refractivity contribution < 1.29 is 9.18 Å². The van der Waals surface area contributed by atoms with Crippen LogP contribution in [0, 0.1) is 5.82 Å². The van der Waals surface area contributed by atoms with Crippen LogP contribution in [0.5, 0.6) is 0 Å². The first kappa shape index (κ1) is 19.1. The van der Waals surface area contributed by atoms with Gasteiger partial charge in [-0.1, -0.05) is 48.5 Å². The predicted molar refractivity (Wildman–Crippen MR) is 118 cm³/mol. The summed E-state index contributed by atoms with van der Waals surface area (Å²) < 4.78 is 13.7. The van der Waals surface area contributed by atoms with Gasteiger partial charge in [-0.2, -0.15) is 0 Å². The summed E-state index contributed by atoms with van der Waals surface area (Å²) in [5.74, 6) is 0.0101. The molecule has 5 rings (SSSR count). The van der Waals surface area contributed by atoms with Gasteiger partial charge in [-0.25, -0.2) is 14.4 Å². The number of carbonyl (C=O) groups is 1. The predicted octanol–water partition coefficient (Wildman–Crippen LogP) is 5.22. The van der Waals surface area contributed by atoms with E-state index in [1.165, 1.54) is 6.07 Å². The minimum Gasteiger partial charge on any atom is -0.305 e. The van der Waals surface area contributed by atoms with Crippen molar-refractivity contribution in [2.24, 2.45) is 0 Å². The van der Waals surface area contributed by atoms with Crippen LogP contribution >= 0.6 is 0 Å². The Labute approximate surface area is 179 Å². The number of amides is 1. The third-order valence-corrected chi connectivity index (χ3v) is 5.48. The highest BCUT2D eigenvalue weighted by Crippen LogP contribution is 2.33. The maximum Gasteiger partial charge on any atom is 0.256 e. The number of hydrogen-bond acceptors (Lipinski definition) is 3. The highest BCUT2D eigenvalue weighted by atomic mass is 19.1. The van der Waals surface area contributed by atoms with E-state index in [1.54, 1.807) is 24.3 Å². The van der Waals surface area contributed by atoms with E-state index >= 15 is 0 Å². The summed E-state index contributed by atoms with van der Waals surface area (Å²) in [6.07, 6.45) is 1.87. The maximum absolute atomic E-state index is 13.7. The van der Waals surface area contributed by atoms with E-state index in [0.29, 0.717) is 36.3 Å². The van der Waals surface area contributed by atoms with Gasteiger partial charge >= 0.3 is 0 Å². The van der Waals surface area contributed by atoms with Crippen LogP contribution in [0.1, 0.15) is 32.9 Å². The van der Waals surface area contributed by atoms with Crippen LogP contribution in [0.2, 0.25) is 0 Å². The topological polar surface area (TPSA) is 54.9 Å². The molecule has 1 aliphatic rings. The number of nitrogens with zero attached hydrogens (tertiary/aromatic N) is 2. The van der Waals surface area contributed by atoms with Gasteiger partial charge < -0.3 is 5.32 Å². The van der Waals surface area contributed by atoms with Gasteiger partial charge in [-0.15, -0.1) is 0 Å². The molecule has 0 aliphatic heterocycles. The fourth-order valence-electron chi connectivity index (χ4n) is 3.93. The van der Waals surface area contributed by atoms with E-state index < -0.39 is 0 Å². The second-order valence-corrected chi connectivity index (χ2v) is 7.60. The number of halogens is 1. The number of rotatable bonds is 4. The number of aryl methyl sites for hydroxylation is 2. The zero-order valence-corrected chi connectivity index (χ0v) is 16.8. The number of aromatic nitrogens is 2. The molecule has 4 aromatic rings. The number of anilines is 1. The quantitative estimate of drug-likeness (QED) is 0.502. The van der Waals surface area contributed by atoms with Gasteiger partial charge in [0, 0.05) is 17.5 Å². The molecule has 0 fully saturated rings.